The van der Waals surface area contributed by atoms with Crippen molar-refractivity contribution in [3.8, 4) is 0 Å². The Labute approximate surface area is 141 Å². The number of likely N-dealkylation sites (N-methyl/N-ethyl adjacent to an activating group) is 1. The fourth-order valence-corrected chi connectivity index (χ4v) is 2.71. The van der Waals surface area contributed by atoms with Crippen molar-refractivity contribution in [1.82, 2.24) is 9.80 Å². The van der Waals surface area contributed by atoms with E-state index in [1.807, 2.05) is 24.3 Å². The van der Waals surface area contributed by atoms with Gasteiger partial charge in [0.05, 0.1) is 11.6 Å². The standard InChI is InChI=1S/C17H21ClN2O3/c1-11(18)15(21)19(5)14-13-9-7-6-8-12(13)10-20(14)16(22)23-17(2,3)4/h6-9,14H,1,10H2,2-5H3. The van der Waals surface area contributed by atoms with Gasteiger partial charge in [-0.1, -0.05) is 42.4 Å². The van der Waals surface area contributed by atoms with Crippen molar-refractivity contribution >= 4 is 23.6 Å². The van der Waals surface area contributed by atoms with E-state index in [-0.39, 0.29) is 5.03 Å². The van der Waals surface area contributed by atoms with Gasteiger partial charge in [0.1, 0.15) is 11.8 Å². The normalized spacial score (nSPS) is 16.7. The molecule has 0 saturated carbocycles. The van der Waals surface area contributed by atoms with Crippen LogP contribution in [0.2, 0.25) is 0 Å². The molecule has 0 aliphatic carbocycles. The second kappa shape index (κ2) is 6.24. The van der Waals surface area contributed by atoms with Crippen LogP contribution in [0.5, 0.6) is 0 Å². The Morgan fingerprint density at radius 2 is 1.96 bits per heavy atom. The Morgan fingerprint density at radius 3 is 2.52 bits per heavy atom. The average molecular weight is 337 g/mol. The zero-order valence-electron chi connectivity index (χ0n) is 13.8. The minimum Gasteiger partial charge on any atom is -0.444 e. The van der Waals surface area contributed by atoms with Gasteiger partial charge in [0.2, 0.25) is 0 Å². The van der Waals surface area contributed by atoms with E-state index < -0.39 is 23.8 Å². The fraction of sp³-hybridized carbons (Fsp3) is 0.412. The van der Waals surface area contributed by atoms with E-state index in [1.165, 1.54) is 9.80 Å². The van der Waals surface area contributed by atoms with Crippen LogP contribution in [0.1, 0.15) is 38.1 Å². The molecule has 0 radical (unpaired) electrons. The molecule has 1 heterocycles. The number of benzene rings is 1. The van der Waals surface area contributed by atoms with E-state index in [0.717, 1.165) is 11.1 Å². The highest BCUT2D eigenvalue weighted by Gasteiger charge is 2.40. The van der Waals surface area contributed by atoms with Crippen LogP contribution >= 0.6 is 11.6 Å². The summed E-state index contributed by atoms with van der Waals surface area (Å²) in [5.74, 6) is -0.429. The van der Waals surface area contributed by atoms with Gasteiger partial charge >= 0.3 is 6.09 Å². The molecule has 6 heteroatoms. The van der Waals surface area contributed by atoms with E-state index >= 15 is 0 Å². The zero-order chi connectivity index (χ0) is 17.4. The van der Waals surface area contributed by atoms with Crippen molar-refractivity contribution in [1.29, 1.82) is 0 Å². The van der Waals surface area contributed by atoms with Crippen molar-refractivity contribution in [2.24, 2.45) is 0 Å². The maximum atomic E-state index is 12.5. The Kier molecular flexibility index (Phi) is 4.71. The number of fused-ring (bicyclic) bond motifs is 1. The van der Waals surface area contributed by atoms with E-state index in [1.54, 1.807) is 27.8 Å². The van der Waals surface area contributed by atoms with Crippen LogP contribution in [0.4, 0.5) is 4.79 Å². The number of nitrogens with zero attached hydrogens (tertiary/aromatic N) is 2. The summed E-state index contributed by atoms with van der Waals surface area (Å²) in [6.07, 6.45) is -1.04. The number of halogens is 1. The Morgan fingerprint density at radius 1 is 1.35 bits per heavy atom. The predicted molar refractivity (Wildman–Crippen MR) is 88.7 cm³/mol. The highest BCUT2D eigenvalue weighted by molar-refractivity contribution is 6.41. The van der Waals surface area contributed by atoms with E-state index in [9.17, 15) is 9.59 Å². The molecule has 1 aromatic rings. The summed E-state index contributed by atoms with van der Waals surface area (Å²) in [7, 11) is 1.60. The van der Waals surface area contributed by atoms with Crippen molar-refractivity contribution in [3.63, 3.8) is 0 Å². The van der Waals surface area contributed by atoms with Gasteiger partial charge in [-0.05, 0) is 26.3 Å². The monoisotopic (exact) mass is 336 g/mol. The Hall–Kier alpha value is -2.01. The molecule has 0 saturated heterocycles. The van der Waals surface area contributed by atoms with Crippen molar-refractivity contribution in [2.75, 3.05) is 7.05 Å². The largest absolute Gasteiger partial charge is 0.444 e. The Bertz CT molecular complexity index is 651. The smallest absolute Gasteiger partial charge is 0.412 e. The molecular weight excluding hydrogens is 316 g/mol. The second-order valence-corrected chi connectivity index (χ2v) is 6.96. The van der Waals surface area contributed by atoms with Gasteiger partial charge < -0.3 is 9.64 Å². The summed E-state index contributed by atoms with van der Waals surface area (Å²) in [6.45, 7) is 9.26. The maximum Gasteiger partial charge on any atom is 0.412 e. The van der Waals surface area contributed by atoms with Crippen LogP contribution < -0.4 is 0 Å². The average Bonchev–Trinajstić information content (AvgIpc) is 2.83. The molecule has 0 bridgehead atoms. The predicted octanol–water partition coefficient (Wildman–Crippen LogP) is 3.65. The number of rotatable bonds is 2. The maximum absolute atomic E-state index is 12.5. The third-order valence-electron chi connectivity index (χ3n) is 3.52. The van der Waals surface area contributed by atoms with Crippen molar-refractivity contribution in [2.45, 2.75) is 39.1 Å². The molecule has 0 fully saturated rings. The van der Waals surface area contributed by atoms with Crippen LogP contribution in [-0.4, -0.2) is 34.4 Å². The molecule has 0 N–H and O–H groups in total. The van der Waals surface area contributed by atoms with E-state index in [4.69, 9.17) is 16.3 Å². The lowest BCUT2D eigenvalue weighted by Crippen LogP contribution is -2.43. The van der Waals surface area contributed by atoms with E-state index in [2.05, 4.69) is 6.58 Å². The topological polar surface area (TPSA) is 49.9 Å². The number of amides is 2. The number of hydrogen-bond donors (Lipinski definition) is 0. The third kappa shape index (κ3) is 3.67. The molecule has 0 aromatic heterocycles. The molecule has 5 nitrogen and oxygen atoms in total. The van der Waals surface area contributed by atoms with Gasteiger partial charge in [0, 0.05) is 12.6 Å². The minimum absolute atomic E-state index is 0.0963. The van der Waals surface area contributed by atoms with Gasteiger partial charge in [-0.15, -0.1) is 0 Å². The molecule has 124 valence electrons. The van der Waals surface area contributed by atoms with Crippen LogP contribution in [0, 0.1) is 0 Å². The summed E-state index contributed by atoms with van der Waals surface area (Å²) in [5.41, 5.74) is 1.24. The summed E-state index contributed by atoms with van der Waals surface area (Å²) < 4.78 is 5.47. The highest BCUT2D eigenvalue weighted by Crippen LogP contribution is 2.37. The van der Waals surface area contributed by atoms with E-state index in [0.29, 0.717) is 6.54 Å². The SMILES string of the molecule is C=C(Cl)C(=O)N(C)C1c2ccccc2CN1C(=O)OC(C)(C)C. The molecule has 2 rings (SSSR count). The molecule has 1 unspecified atom stereocenters. The van der Waals surface area contributed by atoms with Crippen LogP contribution in [0.3, 0.4) is 0 Å². The second-order valence-electron chi connectivity index (χ2n) is 6.50. The lowest BCUT2D eigenvalue weighted by Gasteiger charge is -2.34. The highest BCUT2D eigenvalue weighted by atomic mass is 35.5. The molecular formula is C17H21ClN2O3. The van der Waals surface area contributed by atoms with Crippen LogP contribution in [0.25, 0.3) is 0 Å². The van der Waals surface area contributed by atoms with Crippen LogP contribution in [0.15, 0.2) is 35.9 Å². The Balaban J connectivity index is 2.37. The number of carbonyl (C=O) groups excluding carboxylic acids is 2. The number of hydrogen-bond acceptors (Lipinski definition) is 3. The summed E-state index contributed by atoms with van der Waals surface area (Å²) in [4.78, 5) is 27.7. The first-order valence-electron chi connectivity index (χ1n) is 7.31. The first-order valence-corrected chi connectivity index (χ1v) is 7.68. The molecule has 1 aliphatic heterocycles. The molecule has 2 amide bonds. The quantitative estimate of drug-likeness (QED) is 0.775. The van der Waals surface area contributed by atoms with Gasteiger partial charge in [0.15, 0.2) is 0 Å². The number of ether oxygens (including phenoxy) is 1. The molecule has 1 atom stereocenters. The number of carbonyl (C=O) groups is 2. The lowest BCUT2D eigenvalue weighted by molar-refractivity contribution is -0.130. The summed E-state index contributed by atoms with van der Waals surface area (Å²) >= 11 is 5.74. The summed E-state index contributed by atoms with van der Waals surface area (Å²) in [6, 6.07) is 7.60. The van der Waals surface area contributed by atoms with Gasteiger partial charge in [0.25, 0.3) is 5.91 Å². The first-order chi connectivity index (χ1) is 10.6. The molecule has 1 aliphatic rings. The third-order valence-corrected chi connectivity index (χ3v) is 3.68. The molecule has 23 heavy (non-hydrogen) atoms. The fourth-order valence-electron chi connectivity index (χ4n) is 2.57. The van der Waals surface area contributed by atoms with Crippen molar-refractivity contribution in [3.05, 3.63) is 47.0 Å². The van der Waals surface area contributed by atoms with Gasteiger partial charge in [-0.3, -0.25) is 9.69 Å². The van der Waals surface area contributed by atoms with Gasteiger partial charge in [-0.2, -0.15) is 0 Å². The molecule has 1 aromatic carbocycles. The summed E-state index contributed by atoms with van der Waals surface area (Å²) in [5, 5.41) is -0.0963. The molecule has 0 spiro atoms. The first kappa shape index (κ1) is 17.3. The zero-order valence-corrected chi connectivity index (χ0v) is 14.6. The lowest BCUT2D eigenvalue weighted by atomic mass is 10.1. The van der Waals surface area contributed by atoms with Crippen molar-refractivity contribution < 1.29 is 14.3 Å². The minimum atomic E-state index is -0.616. The van der Waals surface area contributed by atoms with Crippen LogP contribution in [-0.2, 0) is 16.1 Å². The van der Waals surface area contributed by atoms with Gasteiger partial charge in [-0.25, -0.2) is 4.79 Å².